The Morgan fingerprint density at radius 3 is 2.85 bits per heavy atom. The fourth-order valence-electron chi connectivity index (χ4n) is 2.27. The topological polar surface area (TPSA) is 59.2 Å². The monoisotopic (exact) mass is 271 g/mol. The van der Waals surface area contributed by atoms with E-state index in [-0.39, 0.29) is 5.91 Å². The maximum atomic E-state index is 12.7. The highest BCUT2D eigenvalue weighted by molar-refractivity contribution is 6.06. The van der Waals surface area contributed by atoms with Crippen LogP contribution in [0.25, 0.3) is 10.9 Å². The lowest BCUT2D eigenvalue weighted by molar-refractivity contribution is 0.0746. The highest BCUT2D eigenvalue weighted by Gasteiger charge is 2.18. The third kappa shape index (κ3) is 2.96. The summed E-state index contributed by atoms with van der Waals surface area (Å²) in [6.45, 7) is 5.99. The molecule has 2 aromatic rings. The van der Waals surface area contributed by atoms with Crippen LogP contribution in [0.4, 0.5) is 0 Å². The van der Waals surface area contributed by atoms with E-state index in [0.717, 1.165) is 10.9 Å². The SMILES string of the molecule is CCN(CC(C)CN)C(=O)c1cccc2ncccc12. The van der Waals surface area contributed by atoms with Crippen LogP contribution in [0.15, 0.2) is 36.5 Å². The van der Waals surface area contributed by atoms with Crippen LogP contribution in [0, 0.1) is 5.92 Å². The van der Waals surface area contributed by atoms with Crippen molar-refractivity contribution in [2.75, 3.05) is 19.6 Å². The molecule has 1 aromatic carbocycles. The molecule has 0 aliphatic rings. The lowest BCUT2D eigenvalue weighted by Crippen LogP contribution is -2.36. The zero-order valence-electron chi connectivity index (χ0n) is 12.0. The summed E-state index contributed by atoms with van der Waals surface area (Å²) in [6.07, 6.45) is 1.74. The Labute approximate surface area is 119 Å². The third-order valence-corrected chi connectivity index (χ3v) is 3.48. The Morgan fingerprint density at radius 1 is 1.35 bits per heavy atom. The lowest BCUT2D eigenvalue weighted by atomic mass is 10.1. The maximum Gasteiger partial charge on any atom is 0.254 e. The molecule has 2 N–H and O–H groups in total. The van der Waals surface area contributed by atoms with Gasteiger partial charge in [-0.15, -0.1) is 0 Å². The van der Waals surface area contributed by atoms with Crippen molar-refractivity contribution in [3.63, 3.8) is 0 Å². The van der Waals surface area contributed by atoms with Crippen molar-refractivity contribution in [1.82, 2.24) is 9.88 Å². The predicted octanol–water partition coefficient (Wildman–Crippen LogP) is 2.29. The number of benzene rings is 1. The number of carbonyl (C=O) groups is 1. The van der Waals surface area contributed by atoms with Gasteiger partial charge in [0.1, 0.15) is 0 Å². The molecule has 4 heteroatoms. The number of carbonyl (C=O) groups excluding carboxylic acids is 1. The Balaban J connectivity index is 2.34. The highest BCUT2D eigenvalue weighted by atomic mass is 16.2. The molecule has 0 radical (unpaired) electrons. The van der Waals surface area contributed by atoms with Crippen LogP contribution < -0.4 is 5.73 Å². The van der Waals surface area contributed by atoms with E-state index >= 15 is 0 Å². The van der Waals surface area contributed by atoms with Crippen molar-refractivity contribution in [3.8, 4) is 0 Å². The van der Waals surface area contributed by atoms with Gasteiger partial charge in [0, 0.05) is 30.2 Å². The molecule has 0 bridgehead atoms. The molecule has 106 valence electrons. The van der Waals surface area contributed by atoms with Crippen molar-refractivity contribution in [2.24, 2.45) is 11.7 Å². The van der Waals surface area contributed by atoms with Gasteiger partial charge in [0.2, 0.25) is 0 Å². The molecule has 0 fully saturated rings. The number of hydrogen-bond acceptors (Lipinski definition) is 3. The van der Waals surface area contributed by atoms with E-state index in [1.54, 1.807) is 6.20 Å². The molecular formula is C16H21N3O. The summed E-state index contributed by atoms with van der Waals surface area (Å²) in [6, 6.07) is 9.46. The molecule has 0 aliphatic carbocycles. The Morgan fingerprint density at radius 2 is 2.15 bits per heavy atom. The van der Waals surface area contributed by atoms with Gasteiger partial charge in [-0.1, -0.05) is 19.1 Å². The summed E-state index contributed by atoms with van der Waals surface area (Å²) in [5.74, 6) is 0.346. The molecule has 2 rings (SSSR count). The molecule has 1 atom stereocenters. The molecule has 0 saturated heterocycles. The maximum absolute atomic E-state index is 12.7. The van der Waals surface area contributed by atoms with E-state index in [4.69, 9.17) is 5.73 Å². The number of amides is 1. The average molecular weight is 271 g/mol. The second-order valence-electron chi connectivity index (χ2n) is 5.06. The zero-order chi connectivity index (χ0) is 14.5. The van der Waals surface area contributed by atoms with Gasteiger partial charge in [-0.25, -0.2) is 0 Å². The molecule has 1 heterocycles. The molecule has 0 spiro atoms. The van der Waals surface area contributed by atoms with Gasteiger partial charge in [0.25, 0.3) is 5.91 Å². The molecule has 0 aliphatic heterocycles. The van der Waals surface area contributed by atoms with Gasteiger partial charge in [-0.3, -0.25) is 9.78 Å². The first kappa shape index (κ1) is 14.5. The molecule has 20 heavy (non-hydrogen) atoms. The number of pyridine rings is 1. The minimum Gasteiger partial charge on any atom is -0.339 e. The van der Waals surface area contributed by atoms with Crippen molar-refractivity contribution in [1.29, 1.82) is 0 Å². The first-order valence-corrected chi connectivity index (χ1v) is 7.00. The second kappa shape index (κ2) is 6.48. The van der Waals surface area contributed by atoms with Crippen LogP contribution in [0.3, 0.4) is 0 Å². The summed E-state index contributed by atoms with van der Waals surface area (Å²) in [4.78, 5) is 18.8. The van der Waals surface area contributed by atoms with E-state index < -0.39 is 0 Å². The average Bonchev–Trinajstić information content (AvgIpc) is 2.51. The fraction of sp³-hybridized carbons (Fsp3) is 0.375. The second-order valence-corrected chi connectivity index (χ2v) is 5.06. The number of aromatic nitrogens is 1. The summed E-state index contributed by atoms with van der Waals surface area (Å²) in [7, 11) is 0. The number of rotatable bonds is 5. The van der Waals surface area contributed by atoms with Crippen LogP contribution in [0.1, 0.15) is 24.2 Å². The van der Waals surface area contributed by atoms with Crippen molar-refractivity contribution < 1.29 is 4.79 Å². The van der Waals surface area contributed by atoms with Gasteiger partial charge in [-0.05, 0) is 37.6 Å². The van der Waals surface area contributed by atoms with Crippen LogP contribution in [-0.4, -0.2) is 35.4 Å². The molecular weight excluding hydrogens is 250 g/mol. The van der Waals surface area contributed by atoms with E-state index in [9.17, 15) is 4.79 Å². The molecule has 1 aromatic heterocycles. The first-order valence-electron chi connectivity index (χ1n) is 7.00. The van der Waals surface area contributed by atoms with E-state index in [0.29, 0.717) is 31.1 Å². The van der Waals surface area contributed by atoms with E-state index in [1.165, 1.54) is 0 Å². The van der Waals surface area contributed by atoms with Gasteiger partial charge in [0.05, 0.1) is 5.52 Å². The molecule has 1 amide bonds. The van der Waals surface area contributed by atoms with Gasteiger partial charge < -0.3 is 10.6 Å². The van der Waals surface area contributed by atoms with E-state index in [2.05, 4.69) is 11.9 Å². The number of nitrogens with two attached hydrogens (primary N) is 1. The Hall–Kier alpha value is -1.94. The minimum absolute atomic E-state index is 0.0476. The van der Waals surface area contributed by atoms with Crippen molar-refractivity contribution >= 4 is 16.8 Å². The number of nitrogens with zero attached hydrogens (tertiary/aromatic N) is 2. The Bertz CT molecular complexity index is 592. The molecule has 4 nitrogen and oxygen atoms in total. The lowest BCUT2D eigenvalue weighted by Gasteiger charge is -2.24. The predicted molar refractivity (Wildman–Crippen MR) is 81.5 cm³/mol. The summed E-state index contributed by atoms with van der Waals surface area (Å²) >= 11 is 0. The van der Waals surface area contributed by atoms with Crippen LogP contribution in [0.5, 0.6) is 0 Å². The molecule has 0 saturated carbocycles. The van der Waals surface area contributed by atoms with Crippen molar-refractivity contribution in [2.45, 2.75) is 13.8 Å². The largest absolute Gasteiger partial charge is 0.339 e. The van der Waals surface area contributed by atoms with Gasteiger partial charge in [-0.2, -0.15) is 0 Å². The van der Waals surface area contributed by atoms with Gasteiger partial charge >= 0.3 is 0 Å². The fourth-order valence-corrected chi connectivity index (χ4v) is 2.27. The summed E-state index contributed by atoms with van der Waals surface area (Å²) in [5, 5.41) is 0.902. The zero-order valence-corrected chi connectivity index (χ0v) is 12.0. The quantitative estimate of drug-likeness (QED) is 0.907. The standard InChI is InChI=1S/C16H21N3O/c1-3-19(11-12(2)10-17)16(20)14-6-4-8-15-13(14)7-5-9-18-15/h4-9,12H,3,10-11,17H2,1-2H3. The first-order chi connectivity index (χ1) is 9.67. The Kier molecular flexibility index (Phi) is 4.69. The van der Waals surface area contributed by atoms with Crippen molar-refractivity contribution in [3.05, 3.63) is 42.1 Å². The van der Waals surface area contributed by atoms with Crippen LogP contribution in [0.2, 0.25) is 0 Å². The number of fused-ring (bicyclic) bond motifs is 1. The van der Waals surface area contributed by atoms with Crippen LogP contribution >= 0.6 is 0 Å². The normalized spacial score (nSPS) is 12.3. The van der Waals surface area contributed by atoms with E-state index in [1.807, 2.05) is 42.2 Å². The summed E-state index contributed by atoms with van der Waals surface area (Å²) < 4.78 is 0. The molecule has 1 unspecified atom stereocenters. The minimum atomic E-state index is 0.0476. The van der Waals surface area contributed by atoms with Crippen LogP contribution in [-0.2, 0) is 0 Å². The highest BCUT2D eigenvalue weighted by Crippen LogP contribution is 2.18. The summed E-state index contributed by atoms with van der Waals surface area (Å²) in [5.41, 5.74) is 7.21. The smallest absolute Gasteiger partial charge is 0.254 e. The van der Waals surface area contributed by atoms with Gasteiger partial charge in [0.15, 0.2) is 0 Å². The third-order valence-electron chi connectivity index (χ3n) is 3.48. The number of hydrogen-bond donors (Lipinski definition) is 1.